The number of hydrogen-bond donors (Lipinski definition) is 1. The zero-order valence-electron chi connectivity index (χ0n) is 15.4. The quantitative estimate of drug-likeness (QED) is 0.732. The first-order valence-electron chi connectivity index (χ1n) is 9.21. The number of anilines is 1. The maximum Gasteiger partial charge on any atom is 0.330 e. The molecule has 3 amide bonds. The zero-order chi connectivity index (χ0) is 19.3. The highest BCUT2D eigenvalue weighted by molar-refractivity contribution is 6.04. The van der Waals surface area contributed by atoms with Crippen LogP contribution in [0.1, 0.15) is 12.8 Å². The Morgan fingerprint density at radius 2 is 2.11 bits per heavy atom. The highest BCUT2D eigenvalue weighted by Gasteiger charge is 2.43. The van der Waals surface area contributed by atoms with Crippen LogP contribution >= 0.6 is 0 Å². The Kier molecular flexibility index (Phi) is 3.83. The van der Waals surface area contributed by atoms with Crippen LogP contribution in [-0.4, -0.2) is 61.0 Å². The minimum Gasteiger partial charge on any atom is -0.290 e. The topological polar surface area (TPSA) is 96.3 Å². The van der Waals surface area contributed by atoms with Gasteiger partial charge < -0.3 is 0 Å². The average molecular weight is 377 g/mol. The van der Waals surface area contributed by atoms with E-state index in [0.29, 0.717) is 12.5 Å². The number of aryl methyl sites for hydroxylation is 1. The van der Waals surface area contributed by atoms with Gasteiger partial charge in [-0.05, 0) is 36.6 Å². The smallest absolute Gasteiger partial charge is 0.290 e. The van der Waals surface area contributed by atoms with Crippen molar-refractivity contribution in [2.75, 3.05) is 18.5 Å². The van der Waals surface area contributed by atoms with Crippen LogP contribution < -0.4 is 5.32 Å². The van der Waals surface area contributed by atoms with Gasteiger partial charge in [-0.3, -0.25) is 19.7 Å². The monoisotopic (exact) mass is 377 g/mol. The van der Waals surface area contributed by atoms with Gasteiger partial charge in [0.05, 0.1) is 24.4 Å². The number of amides is 3. The van der Waals surface area contributed by atoms with Crippen LogP contribution in [0.15, 0.2) is 36.7 Å². The van der Waals surface area contributed by atoms with E-state index in [0.717, 1.165) is 41.4 Å². The van der Waals surface area contributed by atoms with Crippen molar-refractivity contribution >= 4 is 28.7 Å². The lowest BCUT2D eigenvalue weighted by atomic mass is 10.1. The second kappa shape index (κ2) is 6.38. The van der Waals surface area contributed by atoms with Crippen LogP contribution in [-0.2, 0) is 11.8 Å². The van der Waals surface area contributed by atoms with E-state index in [1.807, 2.05) is 36.3 Å². The first-order valence-corrected chi connectivity index (χ1v) is 9.21. The van der Waals surface area contributed by atoms with Gasteiger partial charge in [0, 0.05) is 30.7 Å². The van der Waals surface area contributed by atoms with Crippen molar-refractivity contribution in [3.05, 3.63) is 36.7 Å². The van der Waals surface area contributed by atoms with E-state index >= 15 is 0 Å². The summed E-state index contributed by atoms with van der Waals surface area (Å²) in [5.74, 6) is 0.184. The van der Waals surface area contributed by atoms with Crippen molar-refractivity contribution in [3.63, 3.8) is 0 Å². The summed E-state index contributed by atoms with van der Waals surface area (Å²) in [4.78, 5) is 28.3. The fourth-order valence-corrected chi connectivity index (χ4v) is 3.90. The summed E-state index contributed by atoms with van der Waals surface area (Å²) in [5.41, 5.74) is 2.72. The lowest BCUT2D eigenvalue weighted by Crippen LogP contribution is -2.38. The number of urea groups is 1. The molecule has 2 aromatic heterocycles. The molecule has 1 N–H and O–H groups in total. The van der Waals surface area contributed by atoms with Gasteiger partial charge in [-0.15, -0.1) is 10.2 Å². The van der Waals surface area contributed by atoms with E-state index in [4.69, 9.17) is 0 Å². The highest BCUT2D eigenvalue weighted by Crippen LogP contribution is 2.27. The molecule has 1 unspecified atom stereocenters. The van der Waals surface area contributed by atoms with Crippen molar-refractivity contribution in [1.82, 2.24) is 29.8 Å². The Morgan fingerprint density at radius 1 is 1.21 bits per heavy atom. The molecule has 1 aromatic carbocycles. The Bertz CT molecular complexity index is 1090. The van der Waals surface area contributed by atoms with E-state index in [-0.39, 0.29) is 11.9 Å². The molecule has 2 saturated heterocycles. The molecule has 28 heavy (non-hydrogen) atoms. The van der Waals surface area contributed by atoms with Gasteiger partial charge in [0.25, 0.3) is 0 Å². The van der Waals surface area contributed by atoms with Gasteiger partial charge in [-0.25, -0.2) is 9.69 Å². The largest absolute Gasteiger partial charge is 0.330 e. The molecular formula is C19H19N7O2. The number of rotatable bonds is 2. The minimum absolute atomic E-state index is 0.136. The molecule has 2 fully saturated rings. The van der Waals surface area contributed by atoms with E-state index in [1.165, 1.54) is 4.90 Å². The molecule has 0 radical (unpaired) electrons. The van der Waals surface area contributed by atoms with Crippen LogP contribution in [0.2, 0.25) is 0 Å². The number of fused-ring (bicyclic) bond motifs is 2. The average Bonchev–Trinajstić information content (AvgIpc) is 3.39. The normalized spacial score (nSPS) is 19.4. The second-order valence-electron chi connectivity index (χ2n) is 7.21. The first kappa shape index (κ1) is 16.8. The number of carbonyl (C=O) groups excluding carboxylic acids is 2. The molecule has 9 heteroatoms. The van der Waals surface area contributed by atoms with Gasteiger partial charge >= 0.3 is 6.03 Å². The fraction of sp³-hybridized carbons (Fsp3) is 0.316. The Labute approximate surface area is 160 Å². The molecule has 0 aliphatic carbocycles. The fourth-order valence-electron chi connectivity index (χ4n) is 3.90. The van der Waals surface area contributed by atoms with Crippen molar-refractivity contribution < 1.29 is 9.59 Å². The van der Waals surface area contributed by atoms with Crippen molar-refractivity contribution in [3.8, 4) is 11.1 Å². The summed E-state index contributed by atoms with van der Waals surface area (Å²) < 4.78 is 1.74. The molecule has 2 aliphatic heterocycles. The number of nitrogens with one attached hydrogen (secondary N) is 1. The third-order valence-electron chi connectivity index (χ3n) is 5.34. The van der Waals surface area contributed by atoms with E-state index in [9.17, 15) is 9.59 Å². The molecule has 3 aromatic rings. The lowest BCUT2D eigenvalue weighted by Gasteiger charge is -2.15. The highest BCUT2D eigenvalue weighted by atomic mass is 16.2. The number of imide groups is 1. The predicted octanol–water partition coefficient (Wildman–Crippen LogP) is 1.83. The van der Waals surface area contributed by atoms with Crippen LogP contribution in [0.5, 0.6) is 0 Å². The molecule has 0 bridgehead atoms. The van der Waals surface area contributed by atoms with E-state index in [2.05, 4.69) is 20.6 Å². The van der Waals surface area contributed by atoms with Gasteiger partial charge in [0.1, 0.15) is 0 Å². The summed E-state index contributed by atoms with van der Waals surface area (Å²) in [5, 5.41) is 16.0. The Balaban J connectivity index is 1.38. The van der Waals surface area contributed by atoms with Gasteiger partial charge in [0.2, 0.25) is 5.91 Å². The van der Waals surface area contributed by atoms with E-state index < -0.39 is 6.03 Å². The van der Waals surface area contributed by atoms with Gasteiger partial charge in [0.15, 0.2) is 5.82 Å². The standard InChI is InChI=1S/C19H19N7O2/c1-24-10-14(9-20-24)12-4-5-15-13(7-12)8-17(23-22-15)21-19(28)26-11-25-6-2-3-16(25)18(26)27/h4-5,7-10,16H,2-3,6,11H2,1H3,(H,21,23,28). The predicted molar refractivity (Wildman–Crippen MR) is 102 cm³/mol. The number of carbonyl (C=O) groups is 2. The second-order valence-corrected chi connectivity index (χ2v) is 7.21. The Hall–Kier alpha value is -3.33. The Morgan fingerprint density at radius 3 is 2.89 bits per heavy atom. The first-order chi connectivity index (χ1) is 13.6. The van der Waals surface area contributed by atoms with Gasteiger partial charge in [-0.2, -0.15) is 5.10 Å². The maximum absolute atomic E-state index is 12.6. The summed E-state index contributed by atoms with van der Waals surface area (Å²) in [6, 6.07) is 6.97. The third kappa shape index (κ3) is 2.80. The summed E-state index contributed by atoms with van der Waals surface area (Å²) in [6.45, 7) is 1.19. The van der Waals surface area contributed by atoms with Crippen molar-refractivity contribution in [1.29, 1.82) is 0 Å². The molecule has 5 rings (SSSR count). The van der Waals surface area contributed by atoms with Crippen LogP contribution in [0.25, 0.3) is 22.0 Å². The van der Waals surface area contributed by atoms with Crippen LogP contribution in [0.3, 0.4) is 0 Å². The number of hydrogen-bond acceptors (Lipinski definition) is 6. The lowest BCUT2D eigenvalue weighted by molar-refractivity contribution is -0.126. The molecule has 142 valence electrons. The summed E-state index contributed by atoms with van der Waals surface area (Å²) >= 11 is 0. The molecule has 0 saturated carbocycles. The van der Waals surface area contributed by atoms with Crippen LogP contribution in [0.4, 0.5) is 10.6 Å². The summed E-state index contributed by atoms with van der Waals surface area (Å²) in [6.07, 6.45) is 5.55. The molecular weight excluding hydrogens is 358 g/mol. The summed E-state index contributed by atoms with van der Waals surface area (Å²) in [7, 11) is 1.87. The van der Waals surface area contributed by atoms with Crippen molar-refractivity contribution in [2.45, 2.75) is 18.9 Å². The zero-order valence-corrected chi connectivity index (χ0v) is 15.4. The molecule has 4 heterocycles. The molecule has 0 spiro atoms. The molecule has 2 aliphatic rings. The maximum atomic E-state index is 12.6. The van der Waals surface area contributed by atoms with Crippen LogP contribution in [0, 0.1) is 0 Å². The SMILES string of the molecule is Cn1cc(-c2ccc3nnc(NC(=O)N4CN5CCCC5C4=O)cc3c2)cn1. The number of aromatic nitrogens is 4. The molecule has 9 nitrogen and oxygen atoms in total. The minimum atomic E-state index is -0.462. The van der Waals surface area contributed by atoms with E-state index in [1.54, 1.807) is 16.9 Å². The van der Waals surface area contributed by atoms with Gasteiger partial charge in [-0.1, -0.05) is 6.07 Å². The number of benzene rings is 1. The number of nitrogens with zero attached hydrogens (tertiary/aromatic N) is 6. The third-order valence-corrected chi connectivity index (χ3v) is 5.34. The molecule has 1 atom stereocenters. The van der Waals surface area contributed by atoms with Crippen molar-refractivity contribution in [2.24, 2.45) is 7.05 Å².